The van der Waals surface area contributed by atoms with E-state index in [1.165, 1.54) is 0 Å². The highest BCUT2D eigenvalue weighted by Crippen LogP contribution is 2.47. The maximum Gasteiger partial charge on any atom is 0.136 e. The SMILES string of the molecule is Cc1ccc(-c2cc(C#N)cc3c2C2CCCCCCC(=O)CC2=C3)cc1F.[HH]. The second-order valence-corrected chi connectivity index (χ2v) is 8.04. The van der Waals surface area contributed by atoms with Gasteiger partial charge in [-0.25, -0.2) is 4.39 Å². The Kier molecular flexibility index (Phi) is 5.13. The van der Waals surface area contributed by atoms with Crippen molar-refractivity contribution in [2.45, 2.75) is 57.8 Å². The highest BCUT2D eigenvalue weighted by Gasteiger charge is 2.30. The first-order valence-corrected chi connectivity index (χ1v) is 10.1. The molecule has 0 bridgehead atoms. The highest BCUT2D eigenvalue weighted by molar-refractivity contribution is 5.87. The van der Waals surface area contributed by atoms with Gasteiger partial charge in [0.25, 0.3) is 0 Å². The highest BCUT2D eigenvalue weighted by atomic mass is 19.1. The van der Waals surface area contributed by atoms with Gasteiger partial charge in [-0.15, -0.1) is 0 Å². The summed E-state index contributed by atoms with van der Waals surface area (Å²) in [5.74, 6) is 0.250. The molecular formula is C25H26FNO. The van der Waals surface area contributed by atoms with E-state index >= 15 is 0 Å². The monoisotopic (exact) mass is 375 g/mol. The number of hydrogen-bond acceptors (Lipinski definition) is 2. The van der Waals surface area contributed by atoms with E-state index in [9.17, 15) is 14.4 Å². The number of rotatable bonds is 1. The van der Waals surface area contributed by atoms with E-state index in [1.54, 1.807) is 19.1 Å². The fourth-order valence-electron chi connectivity index (χ4n) is 4.58. The quantitative estimate of drug-likeness (QED) is 0.555. The number of halogens is 1. The zero-order chi connectivity index (χ0) is 19.7. The molecule has 0 aromatic heterocycles. The van der Waals surface area contributed by atoms with Crippen molar-refractivity contribution in [2.24, 2.45) is 0 Å². The molecule has 0 aliphatic heterocycles. The van der Waals surface area contributed by atoms with Gasteiger partial charge in [-0.2, -0.15) is 5.26 Å². The van der Waals surface area contributed by atoms with Crippen LogP contribution in [-0.2, 0) is 4.79 Å². The Balaban J connectivity index is 0.00000240. The molecule has 0 amide bonds. The van der Waals surface area contributed by atoms with Crippen molar-refractivity contribution in [3.63, 3.8) is 0 Å². The Morgan fingerprint density at radius 2 is 1.96 bits per heavy atom. The van der Waals surface area contributed by atoms with E-state index in [4.69, 9.17) is 0 Å². The van der Waals surface area contributed by atoms with Crippen molar-refractivity contribution in [1.29, 1.82) is 5.26 Å². The lowest BCUT2D eigenvalue weighted by atomic mass is 9.82. The van der Waals surface area contributed by atoms with Crippen LogP contribution in [0, 0.1) is 24.1 Å². The third-order valence-corrected chi connectivity index (χ3v) is 6.06. The largest absolute Gasteiger partial charge is 0.299 e. The second-order valence-electron chi connectivity index (χ2n) is 8.04. The number of fused-ring (bicyclic) bond motifs is 3. The standard InChI is InChI=1S/C25H24FNO.H2/c1-16-8-9-18(14-24(16)26)23-11-17(15-27)10-20-12-19-13-21(28)6-4-2-3-5-7-22(19)25(20)23;/h8-12,14,22H,2-7,13H2,1H3;1H. The van der Waals surface area contributed by atoms with Crippen LogP contribution < -0.4 is 0 Å². The molecule has 2 aliphatic rings. The van der Waals surface area contributed by atoms with Crippen molar-refractivity contribution in [2.75, 3.05) is 0 Å². The van der Waals surface area contributed by atoms with Gasteiger partial charge in [0.05, 0.1) is 11.6 Å². The van der Waals surface area contributed by atoms with Crippen LogP contribution in [0.15, 0.2) is 35.9 Å². The molecule has 1 unspecified atom stereocenters. The molecule has 2 aromatic rings. The number of aryl methyl sites for hydroxylation is 1. The van der Waals surface area contributed by atoms with E-state index in [-0.39, 0.29) is 13.2 Å². The van der Waals surface area contributed by atoms with Crippen molar-refractivity contribution in [3.05, 3.63) is 64.0 Å². The fourth-order valence-corrected chi connectivity index (χ4v) is 4.58. The van der Waals surface area contributed by atoms with Gasteiger partial charge in [0.1, 0.15) is 11.6 Å². The minimum absolute atomic E-state index is 0. The Hall–Kier alpha value is -2.73. The summed E-state index contributed by atoms with van der Waals surface area (Å²) in [5.41, 5.74) is 6.24. The van der Waals surface area contributed by atoms with E-state index < -0.39 is 0 Å². The Morgan fingerprint density at radius 3 is 2.75 bits per heavy atom. The summed E-state index contributed by atoms with van der Waals surface area (Å²) >= 11 is 0. The molecule has 1 saturated carbocycles. The number of carbonyl (C=O) groups is 1. The van der Waals surface area contributed by atoms with Crippen LogP contribution in [0.4, 0.5) is 4.39 Å². The van der Waals surface area contributed by atoms with E-state index in [0.717, 1.165) is 59.9 Å². The molecule has 144 valence electrons. The van der Waals surface area contributed by atoms with Gasteiger partial charge in [-0.05, 0) is 65.8 Å². The molecule has 0 spiro atoms. The lowest BCUT2D eigenvalue weighted by Gasteiger charge is -2.21. The molecule has 0 saturated heterocycles. The average Bonchev–Trinajstić information content (AvgIpc) is 3.03. The van der Waals surface area contributed by atoms with Gasteiger partial charge in [0.15, 0.2) is 0 Å². The molecule has 4 rings (SSSR count). The Labute approximate surface area is 167 Å². The summed E-state index contributed by atoms with van der Waals surface area (Å²) in [5, 5.41) is 9.51. The van der Waals surface area contributed by atoms with Crippen LogP contribution in [-0.4, -0.2) is 5.78 Å². The average molecular weight is 375 g/mol. The predicted octanol–water partition coefficient (Wildman–Crippen LogP) is 6.71. The molecule has 2 aliphatic carbocycles. The normalized spacial score (nSPS) is 19.4. The van der Waals surface area contributed by atoms with Crippen molar-refractivity contribution < 1.29 is 10.6 Å². The molecule has 1 fully saturated rings. The number of hydrogen-bond donors (Lipinski definition) is 0. The van der Waals surface area contributed by atoms with Gasteiger partial charge in [0.2, 0.25) is 0 Å². The van der Waals surface area contributed by atoms with Crippen LogP contribution in [0.2, 0.25) is 0 Å². The summed E-state index contributed by atoms with van der Waals surface area (Å²) in [4.78, 5) is 12.4. The first-order valence-electron chi connectivity index (χ1n) is 10.1. The molecule has 3 heteroatoms. The van der Waals surface area contributed by atoms with Gasteiger partial charge in [-0.1, -0.05) is 43.0 Å². The molecule has 2 aromatic carbocycles. The van der Waals surface area contributed by atoms with Gasteiger partial charge >= 0.3 is 0 Å². The van der Waals surface area contributed by atoms with Gasteiger partial charge in [-0.3, -0.25) is 4.79 Å². The number of benzene rings is 2. The van der Waals surface area contributed by atoms with Crippen LogP contribution in [0.5, 0.6) is 0 Å². The number of ketones is 1. The third kappa shape index (κ3) is 3.52. The molecule has 0 heterocycles. The van der Waals surface area contributed by atoms with Gasteiger partial charge in [0, 0.05) is 20.2 Å². The van der Waals surface area contributed by atoms with Crippen molar-refractivity contribution in [3.8, 4) is 17.2 Å². The van der Waals surface area contributed by atoms with Crippen molar-refractivity contribution in [1.82, 2.24) is 0 Å². The first kappa shape index (κ1) is 18.6. The minimum Gasteiger partial charge on any atom is -0.299 e. The molecule has 28 heavy (non-hydrogen) atoms. The van der Waals surface area contributed by atoms with Crippen molar-refractivity contribution >= 4 is 11.9 Å². The Morgan fingerprint density at radius 1 is 1.14 bits per heavy atom. The lowest BCUT2D eigenvalue weighted by molar-refractivity contribution is -0.118. The van der Waals surface area contributed by atoms with E-state index in [2.05, 4.69) is 12.1 Å². The molecule has 0 radical (unpaired) electrons. The first-order chi connectivity index (χ1) is 13.6. The summed E-state index contributed by atoms with van der Waals surface area (Å²) in [6, 6.07) is 11.3. The molecule has 1 atom stereocenters. The maximum atomic E-state index is 14.3. The maximum absolute atomic E-state index is 14.3. The minimum atomic E-state index is -0.235. The van der Waals surface area contributed by atoms with E-state index in [0.29, 0.717) is 29.8 Å². The summed E-state index contributed by atoms with van der Waals surface area (Å²) in [6.07, 6.45) is 8.59. The summed E-state index contributed by atoms with van der Waals surface area (Å²) < 4.78 is 14.3. The number of Topliss-reactive ketones (excluding diaryl/α,β-unsaturated/α-hetero) is 1. The second kappa shape index (κ2) is 7.72. The lowest BCUT2D eigenvalue weighted by Crippen LogP contribution is -2.08. The fraction of sp³-hybridized carbons (Fsp3) is 0.360. The zero-order valence-electron chi connectivity index (χ0n) is 16.2. The van der Waals surface area contributed by atoms with Crippen LogP contribution >= 0.6 is 0 Å². The van der Waals surface area contributed by atoms with Crippen LogP contribution in [0.1, 0.15) is 74.5 Å². The number of nitrogens with zero attached hydrogens (tertiary/aromatic N) is 1. The zero-order valence-corrected chi connectivity index (χ0v) is 16.2. The summed E-state index contributed by atoms with van der Waals surface area (Å²) in [6.45, 7) is 1.75. The molecule has 2 nitrogen and oxygen atoms in total. The summed E-state index contributed by atoms with van der Waals surface area (Å²) in [7, 11) is 0. The van der Waals surface area contributed by atoms with Crippen LogP contribution in [0.3, 0.4) is 0 Å². The number of nitriles is 1. The number of allylic oxidation sites excluding steroid dienone is 1. The molecular weight excluding hydrogens is 349 g/mol. The van der Waals surface area contributed by atoms with E-state index in [1.807, 2.05) is 18.2 Å². The smallest absolute Gasteiger partial charge is 0.136 e. The van der Waals surface area contributed by atoms with Gasteiger partial charge < -0.3 is 0 Å². The topological polar surface area (TPSA) is 40.9 Å². The van der Waals surface area contributed by atoms with Crippen LogP contribution in [0.25, 0.3) is 17.2 Å². The Bertz CT molecular complexity index is 1020. The molecule has 0 N–H and O–H groups in total. The number of carbonyl (C=O) groups excluding carboxylic acids is 1. The third-order valence-electron chi connectivity index (χ3n) is 6.06. The predicted molar refractivity (Wildman–Crippen MR) is 111 cm³/mol.